The average Bonchev–Trinajstić information content (AvgIpc) is 3.07. The Hall–Kier alpha value is -1.97. The lowest BCUT2D eigenvalue weighted by Gasteiger charge is -2.14. The predicted octanol–water partition coefficient (Wildman–Crippen LogP) is 3.52. The highest BCUT2D eigenvalue weighted by Crippen LogP contribution is 2.21. The molecule has 0 saturated heterocycles. The van der Waals surface area contributed by atoms with Crippen LogP contribution in [0, 0.1) is 4.78 Å². The smallest absolute Gasteiger partial charge is 0.337 e. The molecule has 1 unspecified atom stereocenters. The largest absolute Gasteiger partial charge is 0.465 e. The van der Waals surface area contributed by atoms with Crippen molar-refractivity contribution in [2.24, 2.45) is 0 Å². The summed E-state index contributed by atoms with van der Waals surface area (Å²) in [6, 6.07) is 7.01. The zero-order valence-electron chi connectivity index (χ0n) is 15.5. The highest BCUT2D eigenvalue weighted by atomic mass is 32.2. The van der Waals surface area contributed by atoms with E-state index in [9.17, 15) is 9.00 Å². The molecule has 9 heteroatoms. The van der Waals surface area contributed by atoms with Crippen molar-refractivity contribution in [3.8, 4) is 0 Å². The third-order valence-electron chi connectivity index (χ3n) is 3.74. The van der Waals surface area contributed by atoms with Gasteiger partial charge in [-0.3, -0.25) is 0 Å². The van der Waals surface area contributed by atoms with Crippen LogP contribution >= 0.6 is 0 Å². The van der Waals surface area contributed by atoms with Gasteiger partial charge in [-0.15, -0.1) is 0 Å². The van der Waals surface area contributed by atoms with Crippen LogP contribution in [-0.4, -0.2) is 41.9 Å². The fourth-order valence-corrected chi connectivity index (χ4v) is 4.11. The number of imidazole rings is 1. The molecule has 1 aromatic heterocycles. The molecule has 2 N–H and O–H groups in total. The highest BCUT2D eigenvalue weighted by Gasteiger charge is 2.18. The van der Waals surface area contributed by atoms with Crippen LogP contribution in [0.25, 0.3) is 0 Å². The lowest BCUT2D eigenvalue weighted by Crippen LogP contribution is -2.21. The SMILES string of the molecule is COC(=O)c1ccc(S(=N)(=O)c2c[nH]c(COCC[Si](C)(C)C)n2)cc1. The number of rotatable bonds is 8. The van der Waals surface area contributed by atoms with E-state index < -0.39 is 23.8 Å². The summed E-state index contributed by atoms with van der Waals surface area (Å²) in [4.78, 5) is 18.9. The maximum Gasteiger partial charge on any atom is 0.337 e. The second kappa shape index (κ2) is 8.15. The number of methoxy groups -OCH3 is 1. The lowest BCUT2D eigenvalue weighted by atomic mass is 10.2. The van der Waals surface area contributed by atoms with Gasteiger partial charge in [0, 0.05) is 20.9 Å². The van der Waals surface area contributed by atoms with Crippen molar-refractivity contribution in [3.63, 3.8) is 0 Å². The second-order valence-electron chi connectivity index (χ2n) is 7.12. The summed E-state index contributed by atoms with van der Waals surface area (Å²) < 4.78 is 31.3. The van der Waals surface area contributed by atoms with Gasteiger partial charge in [0.15, 0.2) is 5.03 Å². The molecule has 142 valence electrons. The Kier molecular flexibility index (Phi) is 6.38. The van der Waals surface area contributed by atoms with E-state index in [-0.39, 0.29) is 9.92 Å². The van der Waals surface area contributed by atoms with E-state index in [0.29, 0.717) is 24.6 Å². The minimum Gasteiger partial charge on any atom is -0.465 e. The van der Waals surface area contributed by atoms with Gasteiger partial charge < -0.3 is 14.5 Å². The van der Waals surface area contributed by atoms with Crippen LogP contribution in [0.3, 0.4) is 0 Å². The molecular weight excluding hydrogens is 370 g/mol. The molecule has 7 nitrogen and oxygen atoms in total. The third-order valence-corrected chi connectivity index (χ3v) is 7.18. The van der Waals surface area contributed by atoms with Gasteiger partial charge in [-0.2, -0.15) is 0 Å². The Morgan fingerprint density at radius 3 is 2.50 bits per heavy atom. The van der Waals surface area contributed by atoms with E-state index in [0.717, 1.165) is 6.04 Å². The molecule has 0 aliphatic rings. The minimum absolute atomic E-state index is 0.145. The first kappa shape index (κ1) is 20.3. The predicted molar refractivity (Wildman–Crippen MR) is 102 cm³/mol. The fraction of sp³-hybridized carbons (Fsp3) is 0.412. The number of esters is 1. The number of aromatic nitrogens is 2. The highest BCUT2D eigenvalue weighted by molar-refractivity contribution is 7.92. The van der Waals surface area contributed by atoms with E-state index in [1.54, 1.807) is 0 Å². The first-order valence-electron chi connectivity index (χ1n) is 8.23. The molecule has 0 amide bonds. The van der Waals surface area contributed by atoms with Crippen molar-refractivity contribution < 1.29 is 18.5 Å². The Balaban J connectivity index is 2.06. The Morgan fingerprint density at radius 1 is 1.27 bits per heavy atom. The average molecular weight is 396 g/mol. The van der Waals surface area contributed by atoms with Crippen molar-refractivity contribution in [1.29, 1.82) is 4.78 Å². The van der Waals surface area contributed by atoms with Gasteiger partial charge in [-0.1, -0.05) is 19.6 Å². The van der Waals surface area contributed by atoms with Crippen LogP contribution in [0.1, 0.15) is 16.2 Å². The first-order valence-corrected chi connectivity index (χ1v) is 13.5. The van der Waals surface area contributed by atoms with Gasteiger partial charge in [0.2, 0.25) is 0 Å². The van der Waals surface area contributed by atoms with E-state index in [2.05, 4.69) is 34.3 Å². The van der Waals surface area contributed by atoms with Crippen molar-refractivity contribution in [3.05, 3.63) is 41.9 Å². The van der Waals surface area contributed by atoms with E-state index in [1.165, 1.54) is 37.6 Å². The maximum absolute atomic E-state index is 12.8. The molecule has 26 heavy (non-hydrogen) atoms. The topological polar surface area (TPSA) is 105 Å². The molecule has 0 fully saturated rings. The summed E-state index contributed by atoms with van der Waals surface area (Å²) in [5.74, 6) is 0.0623. The summed E-state index contributed by atoms with van der Waals surface area (Å²) in [7, 11) is -3.12. The number of H-pyrrole nitrogens is 1. The molecule has 1 heterocycles. The number of hydrogen-bond acceptors (Lipinski definition) is 6. The summed E-state index contributed by atoms with van der Waals surface area (Å²) in [6.07, 6.45) is 1.47. The maximum atomic E-state index is 12.8. The summed E-state index contributed by atoms with van der Waals surface area (Å²) >= 11 is 0. The molecule has 0 radical (unpaired) electrons. The molecule has 0 saturated carbocycles. The Bertz CT molecular complexity index is 855. The molecule has 1 aromatic carbocycles. The van der Waals surface area contributed by atoms with Gasteiger partial charge >= 0.3 is 5.97 Å². The summed E-state index contributed by atoms with van der Waals surface area (Å²) in [6.45, 7) is 7.80. The standard InChI is InChI=1S/C17H25N3O4SSi/c1-23-17(21)13-5-7-14(8-6-13)25(18,22)16-11-19-15(20-16)12-24-9-10-26(2,3)4/h5-8,11,18H,9-10,12H2,1-4H3,(H,19,20). The summed E-state index contributed by atoms with van der Waals surface area (Å²) in [5.41, 5.74) is 0.338. The van der Waals surface area contributed by atoms with Gasteiger partial charge in [-0.25, -0.2) is 18.8 Å². The van der Waals surface area contributed by atoms with Gasteiger partial charge in [0.1, 0.15) is 22.2 Å². The van der Waals surface area contributed by atoms with Crippen LogP contribution in [-0.2, 0) is 25.8 Å². The first-order chi connectivity index (χ1) is 12.1. The number of ether oxygens (including phenoxy) is 2. The minimum atomic E-state index is -3.26. The lowest BCUT2D eigenvalue weighted by molar-refractivity contribution is 0.0600. The summed E-state index contributed by atoms with van der Waals surface area (Å²) in [5, 5.41) is 0.145. The molecule has 2 rings (SSSR count). The molecule has 2 aromatic rings. The third kappa shape index (κ3) is 5.26. The van der Waals surface area contributed by atoms with Crippen LogP contribution in [0.5, 0.6) is 0 Å². The van der Waals surface area contributed by atoms with Crippen LogP contribution in [0.4, 0.5) is 0 Å². The number of aromatic amines is 1. The van der Waals surface area contributed by atoms with Crippen LogP contribution in [0.15, 0.2) is 40.4 Å². The van der Waals surface area contributed by atoms with Gasteiger partial charge in [-0.05, 0) is 30.3 Å². The molecular formula is C17H25N3O4SSi. The quantitative estimate of drug-likeness (QED) is 0.404. The number of carbonyl (C=O) groups excluding carboxylic acids is 1. The van der Waals surface area contributed by atoms with Crippen LogP contribution < -0.4 is 0 Å². The zero-order valence-corrected chi connectivity index (χ0v) is 17.3. The number of carbonyl (C=O) groups is 1. The molecule has 0 bridgehead atoms. The number of hydrogen-bond donors (Lipinski definition) is 2. The van der Waals surface area contributed by atoms with Crippen molar-refractivity contribution in [1.82, 2.24) is 9.97 Å². The van der Waals surface area contributed by atoms with Crippen molar-refractivity contribution in [2.45, 2.75) is 42.2 Å². The van der Waals surface area contributed by atoms with Gasteiger partial charge in [0.25, 0.3) is 0 Å². The van der Waals surface area contributed by atoms with E-state index in [1.807, 2.05) is 0 Å². The molecule has 0 spiro atoms. The monoisotopic (exact) mass is 395 g/mol. The second-order valence-corrected chi connectivity index (χ2v) is 14.7. The number of nitrogens with zero attached hydrogens (tertiary/aromatic N) is 1. The fourth-order valence-electron chi connectivity index (χ4n) is 2.13. The van der Waals surface area contributed by atoms with Crippen LogP contribution in [0.2, 0.25) is 25.7 Å². The van der Waals surface area contributed by atoms with E-state index in [4.69, 9.17) is 9.52 Å². The number of nitrogens with one attached hydrogen (secondary N) is 2. The van der Waals surface area contributed by atoms with Gasteiger partial charge in [0.05, 0.1) is 17.6 Å². The number of benzene rings is 1. The molecule has 0 aliphatic carbocycles. The molecule has 0 aliphatic heterocycles. The zero-order chi connectivity index (χ0) is 19.4. The van der Waals surface area contributed by atoms with Crippen molar-refractivity contribution >= 4 is 23.8 Å². The van der Waals surface area contributed by atoms with Crippen molar-refractivity contribution in [2.75, 3.05) is 13.7 Å². The Morgan fingerprint density at radius 2 is 1.92 bits per heavy atom. The van der Waals surface area contributed by atoms with E-state index >= 15 is 0 Å². The Labute approximate surface area is 155 Å². The molecule has 1 atom stereocenters. The normalized spacial score (nSPS) is 14.0.